The lowest BCUT2D eigenvalue weighted by Crippen LogP contribution is -2.15. The Morgan fingerprint density at radius 3 is 2.69 bits per heavy atom. The standard InChI is InChI=1S/C19H17N3O3S/c1-12-7-8-14(9-13(12)2)16-11-26-19(20-16)21-18(23)10-15-5-3-4-6-17(15)22(24)25/h3-9,11H,10H2,1-2H3,(H,20,21,23). The largest absolute Gasteiger partial charge is 0.302 e. The van der Waals surface area contributed by atoms with Crippen molar-refractivity contribution >= 4 is 28.1 Å². The smallest absolute Gasteiger partial charge is 0.273 e. The summed E-state index contributed by atoms with van der Waals surface area (Å²) in [7, 11) is 0. The highest BCUT2D eigenvalue weighted by Crippen LogP contribution is 2.27. The Labute approximate surface area is 154 Å². The highest BCUT2D eigenvalue weighted by molar-refractivity contribution is 7.14. The Hall–Kier alpha value is -3.06. The number of nitrogens with zero attached hydrogens (tertiary/aromatic N) is 2. The second-order valence-corrected chi connectivity index (χ2v) is 6.81. The molecule has 0 atom stereocenters. The van der Waals surface area contributed by atoms with E-state index in [1.807, 2.05) is 24.4 Å². The third kappa shape index (κ3) is 3.94. The molecular formula is C19H17N3O3S. The van der Waals surface area contributed by atoms with E-state index in [0.29, 0.717) is 10.7 Å². The first-order valence-corrected chi connectivity index (χ1v) is 8.87. The topological polar surface area (TPSA) is 85.1 Å². The van der Waals surface area contributed by atoms with Crippen molar-refractivity contribution in [3.8, 4) is 11.3 Å². The summed E-state index contributed by atoms with van der Waals surface area (Å²) in [6.45, 7) is 4.09. The van der Waals surface area contributed by atoms with Crippen molar-refractivity contribution in [3.63, 3.8) is 0 Å². The minimum Gasteiger partial charge on any atom is -0.302 e. The van der Waals surface area contributed by atoms with E-state index in [4.69, 9.17) is 0 Å². The van der Waals surface area contributed by atoms with Gasteiger partial charge >= 0.3 is 0 Å². The number of carbonyl (C=O) groups excluding carboxylic acids is 1. The molecule has 0 fully saturated rings. The first kappa shape index (κ1) is 17.8. The summed E-state index contributed by atoms with van der Waals surface area (Å²) in [4.78, 5) is 27.2. The van der Waals surface area contributed by atoms with Gasteiger partial charge in [0, 0.05) is 22.6 Å². The molecule has 1 heterocycles. The number of para-hydroxylation sites is 1. The first-order chi connectivity index (χ1) is 12.4. The number of benzene rings is 2. The summed E-state index contributed by atoms with van der Waals surface area (Å²) in [6, 6.07) is 12.3. The van der Waals surface area contributed by atoms with Gasteiger partial charge in [0.15, 0.2) is 5.13 Å². The molecule has 0 radical (unpaired) electrons. The maximum absolute atomic E-state index is 12.2. The lowest BCUT2D eigenvalue weighted by molar-refractivity contribution is -0.385. The Bertz CT molecular complexity index is 982. The third-order valence-corrected chi connectivity index (χ3v) is 4.85. The molecule has 26 heavy (non-hydrogen) atoms. The monoisotopic (exact) mass is 367 g/mol. The van der Waals surface area contributed by atoms with Gasteiger partial charge in [-0.1, -0.05) is 30.3 Å². The Balaban J connectivity index is 1.72. The summed E-state index contributed by atoms with van der Waals surface area (Å²) < 4.78 is 0. The van der Waals surface area contributed by atoms with E-state index in [0.717, 1.165) is 11.3 Å². The van der Waals surface area contributed by atoms with Gasteiger partial charge in [-0.3, -0.25) is 14.9 Å². The van der Waals surface area contributed by atoms with Gasteiger partial charge in [-0.2, -0.15) is 0 Å². The van der Waals surface area contributed by atoms with Gasteiger partial charge in [0.2, 0.25) is 5.91 Å². The molecule has 3 aromatic rings. The minimum atomic E-state index is -0.482. The van der Waals surface area contributed by atoms with Crippen molar-refractivity contribution in [2.24, 2.45) is 0 Å². The summed E-state index contributed by atoms with van der Waals surface area (Å²) >= 11 is 1.33. The number of hydrogen-bond donors (Lipinski definition) is 1. The van der Waals surface area contributed by atoms with E-state index < -0.39 is 4.92 Å². The maximum atomic E-state index is 12.2. The number of nitro benzene ring substituents is 1. The van der Waals surface area contributed by atoms with Crippen LogP contribution in [0, 0.1) is 24.0 Å². The first-order valence-electron chi connectivity index (χ1n) is 7.99. The summed E-state index contributed by atoms with van der Waals surface area (Å²) in [5.41, 5.74) is 4.49. The molecular weight excluding hydrogens is 350 g/mol. The SMILES string of the molecule is Cc1ccc(-c2csc(NC(=O)Cc3ccccc3[N+](=O)[O-])n2)cc1C. The van der Waals surface area contributed by atoms with E-state index in [1.54, 1.807) is 18.2 Å². The van der Waals surface area contributed by atoms with Crippen molar-refractivity contribution in [1.82, 2.24) is 4.98 Å². The Morgan fingerprint density at radius 2 is 1.96 bits per heavy atom. The molecule has 2 aromatic carbocycles. The van der Waals surface area contributed by atoms with Crippen LogP contribution in [0.1, 0.15) is 16.7 Å². The molecule has 0 aliphatic heterocycles. The number of anilines is 1. The number of aryl methyl sites for hydroxylation is 2. The molecule has 1 N–H and O–H groups in total. The highest BCUT2D eigenvalue weighted by Gasteiger charge is 2.16. The number of thiazole rings is 1. The predicted octanol–water partition coefficient (Wildman–Crippen LogP) is 4.52. The van der Waals surface area contributed by atoms with E-state index in [2.05, 4.69) is 23.3 Å². The van der Waals surface area contributed by atoms with Crippen LogP contribution in [0.5, 0.6) is 0 Å². The molecule has 132 valence electrons. The molecule has 0 unspecified atom stereocenters. The van der Waals surface area contributed by atoms with Crippen molar-refractivity contribution in [1.29, 1.82) is 0 Å². The van der Waals surface area contributed by atoms with Gasteiger partial charge in [-0.05, 0) is 31.0 Å². The average molecular weight is 367 g/mol. The van der Waals surface area contributed by atoms with Crippen LogP contribution in [0.25, 0.3) is 11.3 Å². The van der Waals surface area contributed by atoms with Gasteiger partial charge in [0.25, 0.3) is 5.69 Å². The summed E-state index contributed by atoms with van der Waals surface area (Å²) in [5, 5.41) is 16.1. The summed E-state index contributed by atoms with van der Waals surface area (Å²) in [5.74, 6) is -0.333. The second-order valence-electron chi connectivity index (χ2n) is 5.95. The minimum absolute atomic E-state index is 0.0578. The Kier molecular flexibility index (Phi) is 5.09. The molecule has 0 saturated heterocycles. The van der Waals surface area contributed by atoms with Crippen molar-refractivity contribution in [2.45, 2.75) is 20.3 Å². The number of nitro groups is 1. The van der Waals surface area contributed by atoms with Crippen LogP contribution < -0.4 is 5.32 Å². The van der Waals surface area contributed by atoms with Gasteiger partial charge in [0.1, 0.15) is 0 Å². The molecule has 1 aromatic heterocycles. The van der Waals surface area contributed by atoms with Crippen LogP contribution in [0.4, 0.5) is 10.8 Å². The quantitative estimate of drug-likeness (QED) is 0.531. The molecule has 0 spiro atoms. The van der Waals surface area contributed by atoms with Crippen LogP contribution >= 0.6 is 11.3 Å². The third-order valence-electron chi connectivity index (χ3n) is 4.09. The zero-order valence-electron chi connectivity index (χ0n) is 14.4. The molecule has 0 bridgehead atoms. The van der Waals surface area contributed by atoms with Crippen LogP contribution in [-0.2, 0) is 11.2 Å². The van der Waals surface area contributed by atoms with E-state index in [1.165, 1.54) is 28.5 Å². The number of nitrogens with one attached hydrogen (secondary N) is 1. The van der Waals surface area contributed by atoms with Crippen LogP contribution in [0.15, 0.2) is 47.8 Å². The normalized spacial score (nSPS) is 10.5. The molecule has 1 amide bonds. The second kappa shape index (κ2) is 7.45. The molecule has 3 rings (SSSR count). The molecule has 0 aliphatic rings. The zero-order valence-corrected chi connectivity index (χ0v) is 15.2. The van der Waals surface area contributed by atoms with Crippen molar-refractivity contribution in [3.05, 3.63) is 74.6 Å². The Morgan fingerprint density at radius 1 is 1.19 bits per heavy atom. The van der Waals surface area contributed by atoms with Crippen LogP contribution in [0.2, 0.25) is 0 Å². The number of amides is 1. The molecule has 6 nitrogen and oxygen atoms in total. The predicted molar refractivity (Wildman–Crippen MR) is 102 cm³/mol. The van der Waals surface area contributed by atoms with Gasteiger partial charge in [-0.15, -0.1) is 11.3 Å². The van der Waals surface area contributed by atoms with Gasteiger partial charge in [-0.25, -0.2) is 4.98 Å². The highest BCUT2D eigenvalue weighted by atomic mass is 32.1. The fraction of sp³-hybridized carbons (Fsp3) is 0.158. The average Bonchev–Trinajstić information content (AvgIpc) is 3.06. The molecule has 0 saturated carbocycles. The van der Waals surface area contributed by atoms with Crippen LogP contribution in [0.3, 0.4) is 0 Å². The lowest BCUT2D eigenvalue weighted by Gasteiger charge is -2.04. The fourth-order valence-corrected chi connectivity index (χ4v) is 3.28. The fourth-order valence-electron chi connectivity index (χ4n) is 2.54. The van der Waals surface area contributed by atoms with Crippen molar-refractivity contribution < 1.29 is 9.72 Å². The van der Waals surface area contributed by atoms with Gasteiger partial charge in [0.05, 0.1) is 17.0 Å². The lowest BCUT2D eigenvalue weighted by atomic mass is 10.1. The van der Waals surface area contributed by atoms with E-state index >= 15 is 0 Å². The number of hydrogen-bond acceptors (Lipinski definition) is 5. The number of carbonyl (C=O) groups is 1. The number of aromatic nitrogens is 1. The van der Waals surface area contributed by atoms with Crippen molar-refractivity contribution in [2.75, 3.05) is 5.32 Å². The zero-order chi connectivity index (χ0) is 18.7. The van der Waals surface area contributed by atoms with Crippen LogP contribution in [-0.4, -0.2) is 15.8 Å². The molecule has 0 aliphatic carbocycles. The van der Waals surface area contributed by atoms with Gasteiger partial charge < -0.3 is 5.32 Å². The van der Waals surface area contributed by atoms with E-state index in [-0.39, 0.29) is 18.0 Å². The number of rotatable bonds is 5. The molecule has 7 heteroatoms. The summed E-state index contributed by atoms with van der Waals surface area (Å²) in [6.07, 6.45) is -0.0737. The van der Waals surface area contributed by atoms with E-state index in [9.17, 15) is 14.9 Å². The maximum Gasteiger partial charge on any atom is 0.273 e.